The van der Waals surface area contributed by atoms with Gasteiger partial charge in [0.1, 0.15) is 12.2 Å². The first kappa shape index (κ1) is 30.6. The Morgan fingerprint density at radius 3 is 1.80 bits per heavy atom. The molecule has 0 radical (unpaired) electrons. The Hall–Kier alpha value is -1.84. The van der Waals surface area contributed by atoms with Crippen LogP contribution in [0.3, 0.4) is 0 Å². The normalized spacial score (nSPS) is 24.4. The third kappa shape index (κ3) is 7.96. The Kier molecular flexibility index (Phi) is 11.6. The van der Waals surface area contributed by atoms with Gasteiger partial charge in [0, 0.05) is 0 Å². The van der Waals surface area contributed by atoms with Crippen LogP contribution >= 0.6 is 23.5 Å². The number of unbranched alkanes of at least 4 members (excludes halogenated alkanes) is 1. The van der Waals surface area contributed by atoms with Crippen molar-refractivity contribution in [1.82, 2.24) is 5.06 Å². The summed E-state index contributed by atoms with van der Waals surface area (Å²) in [5, 5.41) is 13.6. The van der Waals surface area contributed by atoms with Crippen LogP contribution in [0.15, 0.2) is 91.0 Å². The van der Waals surface area contributed by atoms with Gasteiger partial charge in [0.25, 0.3) is 0 Å². The van der Waals surface area contributed by atoms with Gasteiger partial charge in [0.15, 0.2) is 0 Å². The van der Waals surface area contributed by atoms with E-state index in [0.29, 0.717) is 26.4 Å². The van der Waals surface area contributed by atoms with Gasteiger partial charge >= 0.3 is 0 Å². The largest absolute Gasteiger partial charge is 0.375 e. The van der Waals surface area contributed by atoms with Gasteiger partial charge in [0.2, 0.25) is 0 Å². The second-order valence-electron chi connectivity index (χ2n) is 10.9. The Labute approximate surface area is 253 Å². The summed E-state index contributed by atoms with van der Waals surface area (Å²) in [6.45, 7) is 4.01. The van der Waals surface area contributed by atoms with E-state index >= 15 is 0 Å². The number of hydroxylamine groups is 2. The number of nitrogens with zero attached hydrogens (tertiary/aromatic N) is 1. The molecule has 2 heterocycles. The number of hydrogen-bond acceptors (Lipinski definition) is 7. The van der Waals surface area contributed by atoms with Gasteiger partial charge in [-0.1, -0.05) is 111 Å². The fourth-order valence-corrected chi connectivity index (χ4v) is 9.49. The van der Waals surface area contributed by atoms with E-state index in [9.17, 15) is 5.21 Å². The van der Waals surface area contributed by atoms with Gasteiger partial charge in [-0.3, -0.25) is 0 Å². The molecule has 5 nitrogen and oxygen atoms in total. The maximum atomic E-state index is 12.1. The van der Waals surface area contributed by atoms with Crippen LogP contribution in [0.2, 0.25) is 0 Å². The van der Waals surface area contributed by atoms with Crippen molar-refractivity contribution < 1.29 is 19.4 Å². The lowest BCUT2D eigenvalue weighted by atomic mass is 10.0. The number of rotatable bonds is 14. The van der Waals surface area contributed by atoms with E-state index < -0.39 is 0 Å². The third-order valence-electron chi connectivity index (χ3n) is 7.92. The Morgan fingerprint density at radius 1 is 0.756 bits per heavy atom. The summed E-state index contributed by atoms with van der Waals surface area (Å²) < 4.78 is 19.6. The fraction of sp³-hybridized carbons (Fsp3) is 0.471. The average molecular weight is 594 g/mol. The van der Waals surface area contributed by atoms with Crippen molar-refractivity contribution >= 4 is 23.5 Å². The first-order valence-electron chi connectivity index (χ1n) is 14.9. The summed E-state index contributed by atoms with van der Waals surface area (Å²) in [6, 6.07) is 30.2. The molecule has 7 heteroatoms. The molecule has 0 unspecified atom stereocenters. The van der Waals surface area contributed by atoms with Crippen molar-refractivity contribution in [2.24, 2.45) is 0 Å². The topological polar surface area (TPSA) is 51.2 Å². The number of thioether (sulfide) groups is 2. The molecule has 2 saturated heterocycles. The summed E-state index contributed by atoms with van der Waals surface area (Å²) in [7, 11) is 0. The van der Waals surface area contributed by atoms with E-state index in [1.165, 1.54) is 6.42 Å². The smallest absolute Gasteiger partial charge is 0.106 e. The molecule has 0 aromatic heterocycles. The summed E-state index contributed by atoms with van der Waals surface area (Å²) in [6.07, 6.45) is 3.77. The van der Waals surface area contributed by atoms with Crippen molar-refractivity contribution in [2.45, 2.75) is 80.8 Å². The maximum absolute atomic E-state index is 12.1. The van der Waals surface area contributed by atoms with Crippen LogP contribution < -0.4 is 0 Å². The van der Waals surface area contributed by atoms with Gasteiger partial charge in [-0.15, -0.1) is 23.5 Å². The van der Waals surface area contributed by atoms with E-state index in [2.05, 4.69) is 43.3 Å². The first-order chi connectivity index (χ1) is 20.2. The second kappa shape index (κ2) is 15.6. The van der Waals surface area contributed by atoms with Crippen LogP contribution in [0.25, 0.3) is 0 Å². The van der Waals surface area contributed by atoms with Crippen molar-refractivity contribution in [3.8, 4) is 0 Å². The minimum absolute atomic E-state index is 0.174. The molecule has 1 N–H and O–H groups in total. The quantitative estimate of drug-likeness (QED) is 0.207. The predicted octanol–water partition coefficient (Wildman–Crippen LogP) is 7.57. The van der Waals surface area contributed by atoms with E-state index in [-0.39, 0.29) is 28.4 Å². The van der Waals surface area contributed by atoms with Crippen LogP contribution in [-0.4, -0.2) is 56.8 Å². The Bertz CT molecular complexity index is 1150. The lowest BCUT2D eigenvalue weighted by Gasteiger charge is -2.45. The highest BCUT2D eigenvalue weighted by Crippen LogP contribution is 2.53. The van der Waals surface area contributed by atoms with E-state index in [4.69, 9.17) is 14.2 Å². The van der Waals surface area contributed by atoms with Gasteiger partial charge < -0.3 is 19.4 Å². The zero-order chi connectivity index (χ0) is 28.3. The van der Waals surface area contributed by atoms with Gasteiger partial charge in [0.05, 0.1) is 42.6 Å². The lowest BCUT2D eigenvalue weighted by molar-refractivity contribution is -0.167. The molecule has 2 aliphatic heterocycles. The SMILES string of the molecule is CCCCC1([C@H]2[C@H](OCc3ccccc3)[C@@H](OCc3ccccc3)[C@H](COCc3ccccc3)N2O)SCCCS1. The summed E-state index contributed by atoms with van der Waals surface area (Å²) >= 11 is 4.00. The van der Waals surface area contributed by atoms with Gasteiger partial charge in [-0.25, -0.2) is 0 Å². The molecule has 0 amide bonds. The van der Waals surface area contributed by atoms with Crippen molar-refractivity contribution in [3.63, 3.8) is 0 Å². The standard InChI is InChI=1S/C34H43NO4S2/c1-2-3-20-34(40-21-13-22-41-34)33-32(39-25-29-18-11-6-12-19-29)31(38-24-28-16-9-5-10-17-28)30(35(33)36)26-37-23-27-14-7-4-8-15-27/h4-12,14-19,30-33,36H,2-3,13,20-26H2,1H3/t30-,31-,32+,33+/m0/s1. The van der Waals surface area contributed by atoms with Crippen molar-refractivity contribution in [1.29, 1.82) is 0 Å². The predicted molar refractivity (Wildman–Crippen MR) is 169 cm³/mol. The van der Waals surface area contributed by atoms with Crippen LogP contribution in [0.4, 0.5) is 0 Å². The summed E-state index contributed by atoms with van der Waals surface area (Å²) in [5.41, 5.74) is 3.34. The molecule has 0 spiro atoms. The molecule has 4 atom stereocenters. The van der Waals surface area contributed by atoms with E-state index in [1.54, 1.807) is 5.06 Å². The fourth-order valence-electron chi connectivity index (χ4n) is 5.80. The van der Waals surface area contributed by atoms with Crippen LogP contribution in [-0.2, 0) is 34.0 Å². The molecular weight excluding hydrogens is 551 g/mol. The molecule has 220 valence electrons. The Balaban J connectivity index is 1.44. The van der Waals surface area contributed by atoms with Crippen LogP contribution in [0, 0.1) is 0 Å². The third-order valence-corrected chi connectivity index (χ3v) is 11.5. The number of ether oxygens (including phenoxy) is 3. The summed E-state index contributed by atoms with van der Waals surface area (Å²) in [4.78, 5) is 0. The molecule has 3 aromatic rings. The second-order valence-corrected chi connectivity index (χ2v) is 14.0. The highest BCUT2D eigenvalue weighted by atomic mass is 32.2. The minimum atomic E-state index is -0.355. The molecule has 0 aliphatic carbocycles. The van der Waals surface area contributed by atoms with E-state index in [0.717, 1.165) is 47.5 Å². The lowest BCUT2D eigenvalue weighted by Crippen LogP contribution is -2.53. The summed E-state index contributed by atoms with van der Waals surface area (Å²) in [5.74, 6) is 2.19. The zero-order valence-electron chi connectivity index (χ0n) is 24.0. The molecule has 0 bridgehead atoms. The highest BCUT2D eigenvalue weighted by molar-refractivity contribution is 8.18. The van der Waals surface area contributed by atoms with Crippen LogP contribution in [0.1, 0.15) is 49.3 Å². The van der Waals surface area contributed by atoms with Crippen LogP contribution in [0.5, 0.6) is 0 Å². The molecule has 2 aliphatic rings. The van der Waals surface area contributed by atoms with E-state index in [1.807, 2.05) is 78.1 Å². The molecule has 5 rings (SSSR count). The van der Waals surface area contributed by atoms with Crippen molar-refractivity contribution in [2.75, 3.05) is 18.1 Å². The van der Waals surface area contributed by atoms with Gasteiger partial charge in [-0.05, 0) is 41.0 Å². The molecule has 2 fully saturated rings. The van der Waals surface area contributed by atoms with Crippen molar-refractivity contribution in [3.05, 3.63) is 108 Å². The maximum Gasteiger partial charge on any atom is 0.106 e. The molecular formula is C34H43NO4S2. The average Bonchev–Trinajstić information content (AvgIpc) is 3.30. The first-order valence-corrected chi connectivity index (χ1v) is 16.8. The molecule has 0 saturated carbocycles. The highest BCUT2D eigenvalue weighted by Gasteiger charge is 2.59. The molecule has 41 heavy (non-hydrogen) atoms. The Morgan fingerprint density at radius 2 is 1.27 bits per heavy atom. The molecule has 3 aromatic carbocycles. The minimum Gasteiger partial charge on any atom is -0.375 e. The number of benzene rings is 3. The number of hydrogen-bond donors (Lipinski definition) is 1. The van der Waals surface area contributed by atoms with Gasteiger partial charge in [-0.2, -0.15) is 5.06 Å². The zero-order valence-corrected chi connectivity index (χ0v) is 25.6. The monoisotopic (exact) mass is 593 g/mol.